The fourth-order valence-electron chi connectivity index (χ4n) is 2.84. The van der Waals surface area contributed by atoms with Crippen molar-refractivity contribution in [3.05, 3.63) is 62.5 Å². The van der Waals surface area contributed by atoms with E-state index < -0.39 is 0 Å². The lowest BCUT2D eigenvalue weighted by molar-refractivity contribution is -0.117. The zero-order chi connectivity index (χ0) is 19.6. The molecule has 27 heavy (non-hydrogen) atoms. The largest absolute Gasteiger partial charge is 0.383 e. The number of amides is 1. The molecule has 0 spiro atoms. The molecule has 0 heterocycles. The highest BCUT2D eigenvalue weighted by atomic mass is 79.9. The number of hydrogen-bond acceptors (Lipinski definition) is 3. The van der Waals surface area contributed by atoms with Crippen molar-refractivity contribution in [3.8, 4) is 0 Å². The molecule has 0 radical (unpaired) electrons. The summed E-state index contributed by atoms with van der Waals surface area (Å²) in [7, 11) is 1.68. The summed E-state index contributed by atoms with van der Waals surface area (Å²) in [5.74, 6) is -0.0314. The number of aryl methyl sites for hydroxylation is 2. The Morgan fingerprint density at radius 1 is 1.11 bits per heavy atom. The van der Waals surface area contributed by atoms with E-state index in [4.69, 9.17) is 4.74 Å². The third kappa shape index (κ3) is 7.74. The molecule has 4 nitrogen and oxygen atoms in total. The molecule has 0 saturated carbocycles. The maximum atomic E-state index is 12.6. The molecule has 2 aromatic rings. The maximum absolute atomic E-state index is 12.6. The normalized spacial score (nSPS) is 11.0. The number of halogens is 2. The van der Waals surface area contributed by atoms with E-state index in [-0.39, 0.29) is 5.91 Å². The van der Waals surface area contributed by atoms with Gasteiger partial charge in [0.15, 0.2) is 0 Å². The van der Waals surface area contributed by atoms with Crippen LogP contribution in [0, 0.1) is 6.92 Å². The molecule has 1 amide bonds. The molecular formula is C21H26Br2N2O2. The standard InChI is InChI=1S/C21H26Br2N2O2/c1-16-13-18(22)21(19(23)14-16)24-20(26)15-25(11-12-27-2)10-6-9-17-7-4-3-5-8-17/h3-5,7-8,13-14H,6,9-12,15H2,1-2H3,(H,24,26). The van der Waals surface area contributed by atoms with Crippen LogP contribution in [-0.2, 0) is 16.0 Å². The average Bonchev–Trinajstić information content (AvgIpc) is 2.63. The van der Waals surface area contributed by atoms with Crippen LogP contribution in [0.4, 0.5) is 5.69 Å². The zero-order valence-electron chi connectivity index (χ0n) is 15.8. The minimum Gasteiger partial charge on any atom is -0.383 e. The molecule has 146 valence electrons. The number of nitrogens with one attached hydrogen (secondary N) is 1. The number of benzene rings is 2. The van der Waals surface area contributed by atoms with Gasteiger partial charge in [0.1, 0.15) is 0 Å². The first-order chi connectivity index (χ1) is 13.0. The summed E-state index contributed by atoms with van der Waals surface area (Å²) < 4.78 is 6.94. The molecule has 2 rings (SSSR count). The number of carbonyl (C=O) groups excluding carboxylic acids is 1. The Bertz CT molecular complexity index is 715. The summed E-state index contributed by atoms with van der Waals surface area (Å²) in [6, 6.07) is 14.4. The van der Waals surface area contributed by atoms with Crippen molar-refractivity contribution >= 4 is 43.5 Å². The fraction of sp³-hybridized carbons (Fsp3) is 0.381. The Labute approximate surface area is 178 Å². The molecule has 2 aromatic carbocycles. The van der Waals surface area contributed by atoms with E-state index in [1.807, 2.05) is 25.1 Å². The van der Waals surface area contributed by atoms with Crippen molar-refractivity contribution in [2.24, 2.45) is 0 Å². The monoisotopic (exact) mass is 496 g/mol. The van der Waals surface area contributed by atoms with Crippen molar-refractivity contribution in [3.63, 3.8) is 0 Å². The molecule has 0 unspecified atom stereocenters. The number of ether oxygens (including phenoxy) is 1. The average molecular weight is 498 g/mol. The highest BCUT2D eigenvalue weighted by Gasteiger charge is 2.14. The van der Waals surface area contributed by atoms with Crippen LogP contribution in [0.25, 0.3) is 0 Å². The molecule has 0 fully saturated rings. The summed E-state index contributed by atoms with van der Waals surface area (Å²) in [5.41, 5.74) is 3.21. The zero-order valence-corrected chi connectivity index (χ0v) is 19.0. The van der Waals surface area contributed by atoms with E-state index in [9.17, 15) is 4.79 Å². The summed E-state index contributed by atoms with van der Waals surface area (Å²) >= 11 is 7.05. The van der Waals surface area contributed by atoms with Crippen LogP contribution in [0.3, 0.4) is 0 Å². The van der Waals surface area contributed by atoms with Crippen LogP contribution < -0.4 is 5.32 Å². The summed E-state index contributed by atoms with van der Waals surface area (Å²) in [6.07, 6.45) is 2.00. The fourth-order valence-corrected chi connectivity index (χ4v) is 4.46. The van der Waals surface area contributed by atoms with Gasteiger partial charge in [0.2, 0.25) is 5.91 Å². The molecule has 0 atom stereocenters. The van der Waals surface area contributed by atoms with Gasteiger partial charge in [-0.25, -0.2) is 0 Å². The van der Waals surface area contributed by atoms with Crippen LogP contribution in [0.1, 0.15) is 17.5 Å². The number of methoxy groups -OCH3 is 1. The van der Waals surface area contributed by atoms with Crippen molar-refractivity contribution in [1.82, 2.24) is 4.90 Å². The Balaban J connectivity index is 1.91. The van der Waals surface area contributed by atoms with Gasteiger partial charge in [0.05, 0.1) is 18.8 Å². The van der Waals surface area contributed by atoms with Crippen LogP contribution >= 0.6 is 31.9 Å². The van der Waals surface area contributed by atoms with Crippen LogP contribution in [0.15, 0.2) is 51.4 Å². The molecule has 0 aromatic heterocycles. The molecule has 0 aliphatic carbocycles. The molecular weight excluding hydrogens is 472 g/mol. The first kappa shape index (κ1) is 22.1. The number of rotatable bonds is 10. The van der Waals surface area contributed by atoms with Crippen LogP contribution in [0.5, 0.6) is 0 Å². The van der Waals surface area contributed by atoms with Gasteiger partial charge in [0.25, 0.3) is 0 Å². The highest BCUT2D eigenvalue weighted by Crippen LogP contribution is 2.32. The van der Waals surface area contributed by atoms with Gasteiger partial charge >= 0.3 is 0 Å². The number of nitrogens with zero attached hydrogens (tertiary/aromatic N) is 1. The molecule has 0 aliphatic heterocycles. The van der Waals surface area contributed by atoms with E-state index in [0.717, 1.165) is 46.1 Å². The van der Waals surface area contributed by atoms with Crippen LogP contribution in [0.2, 0.25) is 0 Å². The summed E-state index contributed by atoms with van der Waals surface area (Å²) in [6.45, 7) is 4.54. The lowest BCUT2D eigenvalue weighted by Gasteiger charge is -2.22. The minimum absolute atomic E-state index is 0.0314. The van der Waals surface area contributed by atoms with Gasteiger partial charge in [-0.15, -0.1) is 0 Å². The first-order valence-electron chi connectivity index (χ1n) is 9.00. The van der Waals surface area contributed by atoms with Gasteiger partial charge in [-0.3, -0.25) is 9.69 Å². The summed E-state index contributed by atoms with van der Waals surface area (Å²) in [5, 5.41) is 3.01. The second-order valence-electron chi connectivity index (χ2n) is 6.51. The van der Waals surface area contributed by atoms with E-state index in [1.165, 1.54) is 5.56 Å². The Hall–Kier alpha value is -1.21. The van der Waals surface area contributed by atoms with E-state index in [1.54, 1.807) is 7.11 Å². The van der Waals surface area contributed by atoms with Gasteiger partial charge in [0, 0.05) is 22.6 Å². The third-order valence-electron chi connectivity index (χ3n) is 4.21. The van der Waals surface area contributed by atoms with Gasteiger partial charge in [-0.2, -0.15) is 0 Å². The molecule has 0 saturated heterocycles. The lowest BCUT2D eigenvalue weighted by atomic mass is 10.1. The van der Waals surface area contributed by atoms with Gasteiger partial charge in [-0.1, -0.05) is 30.3 Å². The van der Waals surface area contributed by atoms with Crippen LogP contribution in [-0.4, -0.2) is 44.2 Å². The first-order valence-corrected chi connectivity index (χ1v) is 10.6. The predicted molar refractivity (Wildman–Crippen MR) is 118 cm³/mol. The van der Waals surface area contributed by atoms with Gasteiger partial charge in [-0.05, 0) is 81.4 Å². The van der Waals surface area contributed by atoms with Crippen molar-refractivity contribution < 1.29 is 9.53 Å². The summed E-state index contributed by atoms with van der Waals surface area (Å²) in [4.78, 5) is 14.7. The van der Waals surface area contributed by atoms with E-state index in [0.29, 0.717) is 13.2 Å². The third-order valence-corrected chi connectivity index (χ3v) is 5.46. The minimum atomic E-state index is -0.0314. The second-order valence-corrected chi connectivity index (χ2v) is 8.22. The molecule has 0 bridgehead atoms. The maximum Gasteiger partial charge on any atom is 0.238 e. The van der Waals surface area contributed by atoms with Crippen molar-refractivity contribution in [2.45, 2.75) is 19.8 Å². The number of carbonyl (C=O) groups is 1. The molecule has 6 heteroatoms. The molecule has 1 N–H and O–H groups in total. The van der Waals surface area contributed by atoms with Gasteiger partial charge < -0.3 is 10.1 Å². The molecule has 0 aliphatic rings. The predicted octanol–water partition coefficient (Wildman–Crippen LogP) is 5.04. The highest BCUT2D eigenvalue weighted by molar-refractivity contribution is 9.11. The van der Waals surface area contributed by atoms with E-state index >= 15 is 0 Å². The lowest BCUT2D eigenvalue weighted by Crippen LogP contribution is -2.36. The Morgan fingerprint density at radius 3 is 2.41 bits per heavy atom. The van der Waals surface area contributed by atoms with Crippen molar-refractivity contribution in [1.29, 1.82) is 0 Å². The quantitative estimate of drug-likeness (QED) is 0.500. The number of hydrogen-bond donors (Lipinski definition) is 1. The SMILES string of the molecule is COCCN(CCCc1ccccc1)CC(=O)Nc1c(Br)cc(C)cc1Br. The Morgan fingerprint density at radius 2 is 1.78 bits per heavy atom. The number of anilines is 1. The van der Waals surface area contributed by atoms with E-state index in [2.05, 4.69) is 66.3 Å². The smallest absolute Gasteiger partial charge is 0.238 e. The topological polar surface area (TPSA) is 41.6 Å². The van der Waals surface area contributed by atoms with Crippen molar-refractivity contribution in [2.75, 3.05) is 38.7 Å². The second kappa shape index (κ2) is 11.6. The Kier molecular flexibility index (Phi) is 9.48.